The first kappa shape index (κ1) is 22.9. The smallest absolute Gasteiger partial charge is 0.166 e. The summed E-state index contributed by atoms with van der Waals surface area (Å²) in [4.78, 5) is 4.62. The van der Waals surface area contributed by atoms with Gasteiger partial charge in [0.1, 0.15) is 18.2 Å². The normalized spacial score (nSPS) is 16.3. The number of pyridine rings is 1. The Bertz CT molecular complexity index is 1370. The number of rotatable bonds is 6. The molecule has 2 unspecified atom stereocenters. The molecule has 1 aliphatic rings. The van der Waals surface area contributed by atoms with E-state index in [1.807, 2.05) is 30.3 Å². The van der Waals surface area contributed by atoms with E-state index in [1.54, 1.807) is 6.07 Å². The molecule has 6 nitrogen and oxygen atoms in total. The van der Waals surface area contributed by atoms with E-state index in [0.717, 1.165) is 33.5 Å². The highest BCUT2D eigenvalue weighted by Crippen LogP contribution is 2.44. The van der Waals surface area contributed by atoms with Gasteiger partial charge in [-0.05, 0) is 58.5 Å². The van der Waals surface area contributed by atoms with Gasteiger partial charge in [0.2, 0.25) is 0 Å². The van der Waals surface area contributed by atoms with Gasteiger partial charge in [-0.2, -0.15) is 5.43 Å². The Morgan fingerprint density at radius 3 is 2.54 bits per heavy atom. The van der Waals surface area contributed by atoms with Crippen molar-refractivity contribution in [3.63, 3.8) is 0 Å². The van der Waals surface area contributed by atoms with E-state index in [4.69, 9.17) is 4.74 Å². The summed E-state index contributed by atoms with van der Waals surface area (Å²) >= 11 is 0. The number of halogens is 1. The number of hydrogen-bond donors (Lipinski definition) is 2. The summed E-state index contributed by atoms with van der Waals surface area (Å²) in [6.45, 7) is 7.03. The Hall–Kier alpha value is -3.84. The van der Waals surface area contributed by atoms with Gasteiger partial charge in [0, 0.05) is 11.3 Å². The van der Waals surface area contributed by atoms with Crippen molar-refractivity contribution in [1.29, 1.82) is 0 Å². The fourth-order valence-corrected chi connectivity index (χ4v) is 4.65. The van der Waals surface area contributed by atoms with E-state index in [0.29, 0.717) is 6.61 Å². The van der Waals surface area contributed by atoms with Crippen molar-refractivity contribution in [2.24, 2.45) is 15.8 Å². The second-order valence-corrected chi connectivity index (χ2v) is 9.80. The lowest BCUT2D eigenvalue weighted by molar-refractivity contribution is 0.299. The molecule has 2 N–H and O–H groups in total. The Morgan fingerprint density at radius 1 is 0.971 bits per heavy atom. The number of hydrogen-bond acceptors (Lipinski definition) is 6. The van der Waals surface area contributed by atoms with Crippen LogP contribution >= 0.6 is 0 Å². The molecule has 0 amide bonds. The number of nitrogens with one attached hydrogen (secondary N) is 2. The van der Waals surface area contributed by atoms with Gasteiger partial charge >= 0.3 is 0 Å². The van der Waals surface area contributed by atoms with E-state index in [9.17, 15) is 4.39 Å². The third-order valence-corrected chi connectivity index (χ3v) is 6.18. The number of nitrogens with zero attached hydrogens (tertiary/aromatic N) is 3. The number of ether oxygens (including phenoxy) is 1. The maximum absolute atomic E-state index is 13.5. The molecule has 0 aliphatic carbocycles. The first-order valence-corrected chi connectivity index (χ1v) is 11.7. The van der Waals surface area contributed by atoms with Gasteiger partial charge in [-0.1, -0.05) is 68.5 Å². The van der Waals surface area contributed by atoms with Gasteiger partial charge in [0.15, 0.2) is 6.17 Å². The molecule has 2 atom stereocenters. The van der Waals surface area contributed by atoms with Crippen LogP contribution < -0.4 is 15.7 Å². The molecular weight excluding hydrogens is 441 g/mol. The minimum Gasteiger partial charge on any atom is -0.487 e. The van der Waals surface area contributed by atoms with Gasteiger partial charge in [0.25, 0.3) is 0 Å². The third-order valence-electron chi connectivity index (χ3n) is 6.18. The Morgan fingerprint density at radius 2 is 1.80 bits per heavy atom. The van der Waals surface area contributed by atoms with Crippen LogP contribution in [0, 0.1) is 11.2 Å². The molecule has 0 saturated heterocycles. The van der Waals surface area contributed by atoms with Crippen LogP contribution in [0.5, 0.6) is 5.75 Å². The second-order valence-electron chi connectivity index (χ2n) is 9.80. The van der Waals surface area contributed by atoms with Crippen LogP contribution in [-0.2, 0) is 6.61 Å². The van der Waals surface area contributed by atoms with Crippen molar-refractivity contribution in [1.82, 2.24) is 15.9 Å². The molecule has 1 aromatic heterocycles. The van der Waals surface area contributed by atoms with Crippen LogP contribution in [0.4, 0.5) is 4.39 Å². The summed E-state index contributed by atoms with van der Waals surface area (Å²) in [5.74, 6) is 0.584. The number of benzene rings is 3. The largest absolute Gasteiger partial charge is 0.487 e. The van der Waals surface area contributed by atoms with Crippen molar-refractivity contribution in [3.05, 3.63) is 107 Å². The van der Waals surface area contributed by atoms with Crippen LogP contribution in [0.25, 0.3) is 10.9 Å². The molecule has 0 saturated carbocycles. The number of fused-ring (bicyclic) bond motifs is 1. The maximum atomic E-state index is 13.5. The zero-order valence-corrected chi connectivity index (χ0v) is 20.0. The van der Waals surface area contributed by atoms with Crippen LogP contribution in [-0.4, -0.2) is 4.98 Å². The van der Waals surface area contributed by atoms with E-state index >= 15 is 0 Å². The van der Waals surface area contributed by atoms with E-state index in [2.05, 4.69) is 77.4 Å². The zero-order chi connectivity index (χ0) is 24.4. The molecule has 35 heavy (non-hydrogen) atoms. The molecule has 2 heterocycles. The molecule has 0 bridgehead atoms. The standard InChI is InChI=1S/C28H28FN5O/c1-28(2,3)26(18-7-5-4-6-8-18)24-16-22(12-13-23(24)27-31-33-34-32-27)35-17-21-11-9-19-15-20(29)10-14-25(19)30-21/h4-16,26-27H,17H2,1-3H3,(H,31,34)(H,32,33). The molecule has 1 aliphatic heterocycles. The van der Waals surface area contributed by atoms with Gasteiger partial charge in [-0.25, -0.2) is 14.9 Å². The molecule has 0 fully saturated rings. The van der Waals surface area contributed by atoms with E-state index < -0.39 is 0 Å². The van der Waals surface area contributed by atoms with E-state index in [-0.39, 0.29) is 23.3 Å². The van der Waals surface area contributed by atoms with Gasteiger partial charge in [-0.3, -0.25) is 0 Å². The zero-order valence-electron chi connectivity index (χ0n) is 20.0. The Labute approximate surface area is 204 Å². The summed E-state index contributed by atoms with van der Waals surface area (Å²) in [6.07, 6.45) is -0.282. The monoisotopic (exact) mass is 469 g/mol. The fourth-order valence-electron chi connectivity index (χ4n) is 4.65. The van der Waals surface area contributed by atoms with Gasteiger partial charge in [-0.15, -0.1) is 5.11 Å². The minimum absolute atomic E-state index is 0.0624. The quantitative estimate of drug-likeness (QED) is 0.334. The summed E-state index contributed by atoms with van der Waals surface area (Å²) in [5.41, 5.74) is 10.7. The molecule has 178 valence electrons. The average molecular weight is 470 g/mol. The second kappa shape index (κ2) is 9.43. The van der Waals surface area contributed by atoms with Crippen molar-refractivity contribution in [2.75, 3.05) is 0 Å². The lowest BCUT2D eigenvalue weighted by Gasteiger charge is -2.34. The van der Waals surface area contributed by atoms with Crippen molar-refractivity contribution < 1.29 is 9.13 Å². The number of aromatic nitrogens is 1. The minimum atomic E-state index is -0.282. The van der Waals surface area contributed by atoms with Crippen LogP contribution in [0.15, 0.2) is 89.2 Å². The van der Waals surface area contributed by atoms with Gasteiger partial charge in [0.05, 0.1) is 11.2 Å². The fraction of sp³-hybridized carbons (Fsp3) is 0.250. The van der Waals surface area contributed by atoms with Crippen molar-refractivity contribution in [2.45, 2.75) is 39.5 Å². The predicted octanol–water partition coefficient (Wildman–Crippen LogP) is 6.60. The highest BCUT2D eigenvalue weighted by atomic mass is 19.1. The summed E-state index contributed by atoms with van der Waals surface area (Å²) in [7, 11) is 0. The first-order valence-electron chi connectivity index (χ1n) is 11.7. The van der Waals surface area contributed by atoms with Gasteiger partial charge < -0.3 is 4.74 Å². The molecule has 7 heteroatoms. The average Bonchev–Trinajstić information content (AvgIpc) is 3.37. The Kier molecular flexibility index (Phi) is 6.17. The maximum Gasteiger partial charge on any atom is 0.166 e. The highest BCUT2D eigenvalue weighted by Gasteiger charge is 2.32. The SMILES string of the molecule is CC(C)(C)C(c1ccccc1)c1cc(OCc2ccc3cc(F)ccc3n2)ccc1C1N=NNN1. The summed E-state index contributed by atoms with van der Waals surface area (Å²) in [6, 6.07) is 24.9. The van der Waals surface area contributed by atoms with E-state index in [1.165, 1.54) is 17.7 Å². The van der Waals surface area contributed by atoms with Crippen LogP contribution in [0.2, 0.25) is 0 Å². The summed E-state index contributed by atoms with van der Waals surface area (Å²) in [5, 5.41) is 8.98. The third kappa shape index (κ3) is 5.00. The van der Waals surface area contributed by atoms with Crippen molar-refractivity contribution >= 4 is 10.9 Å². The molecular formula is C28H28FN5O. The lowest BCUT2D eigenvalue weighted by atomic mass is 9.71. The predicted molar refractivity (Wildman–Crippen MR) is 134 cm³/mol. The number of hydrazine groups is 1. The molecule has 0 radical (unpaired) electrons. The molecule has 0 spiro atoms. The lowest BCUT2D eigenvalue weighted by Crippen LogP contribution is -2.27. The first-order chi connectivity index (χ1) is 16.9. The van der Waals surface area contributed by atoms with Crippen LogP contribution in [0.1, 0.15) is 55.2 Å². The highest BCUT2D eigenvalue weighted by molar-refractivity contribution is 5.78. The Balaban J connectivity index is 1.49. The topological polar surface area (TPSA) is 70.9 Å². The molecule has 5 rings (SSSR count). The summed E-state index contributed by atoms with van der Waals surface area (Å²) < 4.78 is 19.7. The van der Waals surface area contributed by atoms with Crippen molar-refractivity contribution in [3.8, 4) is 5.75 Å². The molecule has 3 aromatic carbocycles. The van der Waals surface area contributed by atoms with Crippen LogP contribution in [0.3, 0.4) is 0 Å². The molecule has 4 aromatic rings.